The molecule has 0 aliphatic rings. The van der Waals surface area contributed by atoms with Crippen molar-refractivity contribution in [2.45, 2.75) is 33.1 Å². The molecule has 238 valence electrons. The third-order valence-corrected chi connectivity index (χ3v) is 9.42. The highest BCUT2D eigenvalue weighted by Crippen LogP contribution is 2.42. The number of rotatable bonds is 4. The van der Waals surface area contributed by atoms with Crippen LogP contribution in [0.4, 0.5) is 4.39 Å². The maximum atomic E-state index is 14.9. The number of halogens is 1. The number of nitrogens with zero attached hydrogens (tertiary/aromatic N) is 3. The van der Waals surface area contributed by atoms with E-state index >= 15 is 0 Å². The zero-order chi connectivity index (χ0) is 33.4. The highest BCUT2D eigenvalue weighted by Gasteiger charge is 2.20. The molecule has 0 radical (unpaired) electrons. The van der Waals surface area contributed by atoms with Gasteiger partial charge in [-0.2, -0.15) is 0 Å². The number of aryl methyl sites for hydroxylation is 1. The third kappa shape index (κ3) is 4.82. The van der Waals surface area contributed by atoms with Crippen LogP contribution in [0.25, 0.3) is 71.7 Å². The van der Waals surface area contributed by atoms with Crippen molar-refractivity contribution in [2.24, 2.45) is 0 Å². The lowest BCUT2D eigenvalue weighted by Crippen LogP contribution is -2.12. The van der Waals surface area contributed by atoms with Gasteiger partial charge in [-0.1, -0.05) is 63.2 Å². The second-order valence-corrected chi connectivity index (χ2v) is 13.7. The third-order valence-electron chi connectivity index (χ3n) is 9.42. The number of furan rings is 1. The lowest BCUT2D eigenvalue weighted by atomic mass is 9.88. The Morgan fingerprint density at radius 2 is 1.53 bits per heavy atom. The number of hydrogen-bond acceptors (Lipinski definition) is 4. The first-order valence-corrected chi connectivity index (χ1v) is 16.4. The van der Waals surface area contributed by atoms with E-state index < -0.39 is 0 Å². The van der Waals surface area contributed by atoms with E-state index in [0.29, 0.717) is 33.6 Å². The van der Waals surface area contributed by atoms with Gasteiger partial charge in [0.05, 0.1) is 22.2 Å². The molecule has 0 N–H and O–H groups in total. The standard InChI is InChI=1S/C43H32FN3O2/c1-25-19-40-32(24-35(25)44)33-21-29(22-34(42(33)49-40)37-16-13-26-9-5-7-11-36(26)46-37)48-28-14-15-31-30-10-6-8-12-38(30)47(39(31)23-28)41-20-27(17-18-45-41)43(2,3)4/h5-24H,1-4H3. The summed E-state index contributed by atoms with van der Waals surface area (Å²) < 4.78 is 30.2. The Labute approximate surface area is 282 Å². The zero-order valence-corrected chi connectivity index (χ0v) is 27.6. The van der Waals surface area contributed by atoms with Gasteiger partial charge in [0, 0.05) is 44.8 Å². The van der Waals surface area contributed by atoms with Crippen molar-refractivity contribution < 1.29 is 13.5 Å². The summed E-state index contributed by atoms with van der Waals surface area (Å²) in [5.74, 6) is 1.82. The molecule has 0 bridgehead atoms. The van der Waals surface area contributed by atoms with E-state index in [1.807, 2.05) is 54.7 Å². The van der Waals surface area contributed by atoms with Crippen LogP contribution in [0.15, 0.2) is 126 Å². The van der Waals surface area contributed by atoms with Gasteiger partial charge < -0.3 is 9.15 Å². The molecule has 9 aromatic rings. The van der Waals surface area contributed by atoms with Gasteiger partial charge in [-0.25, -0.2) is 14.4 Å². The van der Waals surface area contributed by atoms with Gasteiger partial charge in [0.1, 0.15) is 34.3 Å². The maximum absolute atomic E-state index is 14.9. The van der Waals surface area contributed by atoms with Crippen LogP contribution in [0.5, 0.6) is 11.5 Å². The van der Waals surface area contributed by atoms with Crippen LogP contribution in [0, 0.1) is 12.7 Å². The summed E-state index contributed by atoms with van der Waals surface area (Å²) in [6, 6.07) is 38.0. The second-order valence-electron chi connectivity index (χ2n) is 13.7. The first-order valence-electron chi connectivity index (χ1n) is 16.4. The Bertz CT molecular complexity index is 2770. The molecule has 0 aliphatic heterocycles. The Morgan fingerprint density at radius 1 is 0.714 bits per heavy atom. The number of pyridine rings is 2. The summed E-state index contributed by atoms with van der Waals surface area (Å²) >= 11 is 0. The minimum atomic E-state index is -0.283. The van der Waals surface area contributed by atoms with E-state index in [-0.39, 0.29) is 11.2 Å². The minimum absolute atomic E-state index is 0.0279. The Morgan fingerprint density at radius 3 is 2.41 bits per heavy atom. The lowest BCUT2D eigenvalue weighted by molar-refractivity contribution is 0.484. The topological polar surface area (TPSA) is 53.1 Å². The molecule has 0 unspecified atom stereocenters. The molecule has 0 amide bonds. The number of fused-ring (bicyclic) bond motifs is 7. The highest BCUT2D eigenvalue weighted by molar-refractivity contribution is 6.11. The normalized spacial score (nSPS) is 12.2. The summed E-state index contributed by atoms with van der Waals surface area (Å²) in [6.45, 7) is 8.37. The molecule has 0 atom stereocenters. The summed E-state index contributed by atoms with van der Waals surface area (Å²) in [7, 11) is 0. The number of hydrogen-bond donors (Lipinski definition) is 0. The summed E-state index contributed by atoms with van der Waals surface area (Å²) in [4.78, 5) is 9.80. The molecule has 0 aliphatic carbocycles. The fraction of sp³-hybridized carbons (Fsp3) is 0.116. The number of ether oxygens (including phenoxy) is 1. The molecular formula is C43H32FN3O2. The van der Waals surface area contributed by atoms with E-state index in [1.165, 1.54) is 5.56 Å². The van der Waals surface area contributed by atoms with Gasteiger partial charge in [0.2, 0.25) is 0 Å². The van der Waals surface area contributed by atoms with Crippen molar-refractivity contribution >= 4 is 54.6 Å². The molecule has 9 rings (SSSR count). The van der Waals surface area contributed by atoms with Crippen LogP contribution in [-0.2, 0) is 5.41 Å². The average molecular weight is 642 g/mol. The van der Waals surface area contributed by atoms with E-state index in [2.05, 4.69) is 79.9 Å². The summed E-state index contributed by atoms with van der Waals surface area (Å²) in [5.41, 5.74) is 7.40. The average Bonchev–Trinajstić information content (AvgIpc) is 3.62. The zero-order valence-electron chi connectivity index (χ0n) is 27.6. The summed E-state index contributed by atoms with van der Waals surface area (Å²) in [6.07, 6.45) is 1.88. The molecule has 5 nitrogen and oxygen atoms in total. The van der Waals surface area contributed by atoms with Crippen LogP contribution in [-0.4, -0.2) is 14.5 Å². The van der Waals surface area contributed by atoms with Crippen molar-refractivity contribution in [2.75, 3.05) is 0 Å². The Hall–Kier alpha value is -6.01. The van der Waals surface area contributed by atoms with E-state index in [0.717, 1.165) is 55.2 Å². The highest BCUT2D eigenvalue weighted by atomic mass is 19.1. The first kappa shape index (κ1) is 29.2. The molecule has 0 saturated carbocycles. The Kier molecular flexibility index (Phi) is 6.40. The van der Waals surface area contributed by atoms with E-state index in [1.54, 1.807) is 19.1 Å². The minimum Gasteiger partial charge on any atom is -0.457 e. The fourth-order valence-corrected chi connectivity index (χ4v) is 6.84. The molecule has 5 aromatic carbocycles. The van der Waals surface area contributed by atoms with Crippen molar-refractivity contribution in [1.29, 1.82) is 0 Å². The summed E-state index contributed by atoms with van der Waals surface area (Å²) in [5, 5.41) is 4.73. The number of para-hydroxylation sites is 2. The van der Waals surface area contributed by atoms with Gasteiger partial charge in [-0.3, -0.25) is 4.57 Å². The van der Waals surface area contributed by atoms with Crippen molar-refractivity contribution in [3.63, 3.8) is 0 Å². The van der Waals surface area contributed by atoms with E-state index in [4.69, 9.17) is 19.1 Å². The predicted octanol–water partition coefficient (Wildman–Crippen LogP) is 11.8. The lowest BCUT2D eigenvalue weighted by Gasteiger charge is -2.20. The Balaban J connectivity index is 1.24. The fourth-order valence-electron chi connectivity index (χ4n) is 6.84. The molecule has 6 heteroatoms. The van der Waals surface area contributed by atoms with Gasteiger partial charge in [-0.05, 0) is 90.2 Å². The van der Waals surface area contributed by atoms with Crippen molar-refractivity contribution in [3.8, 4) is 28.6 Å². The monoisotopic (exact) mass is 641 g/mol. The molecule has 0 spiro atoms. The van der Waals surface area contributed by atoms with Crippen LogP contribution in [0.1, 0.15) is 31.9 Å². The smallest absolute Gasteiger partial charge is 0.145 e. The first-order chi connectivity index (χ1) is 23.7. The van der Waals surface area contributed by atoms with Crippen LogP contribution < -0.4 is 4.74 Å². The SMILES string of the molecule is Cc1cc2oc3c(-c4ccc5ccccc5n4)cc(Oc4ccc5c6ccccc6n(-c6cc(C(C)(C)C)ccn6)c5c4)cc3c2cc1F. The molecule has 4 heterocycles. The maximum Gasteiger partial charge on any atom is 0.145 e. The van der Waals surface area contributed by atoms with Crippen molar-refractivity contribution in [3.05, 3.63) is 138 Å². The van der Waals surface area contributed by atoms with Crippen LogP contribution >= 0.6 is 0 Å². The van der Waals surface area contributed by atoms with E-state index in [9.17, 15) is 4.39 Å². The molecule has 0 saturated heterocycles. The largest absolute Gasteiger partial charge is 0.457 e. The van der Waals surface area contributed by atoms with Gasteiger partial charge in [0.15, 0.2) is 0 Å². The van der Waals surface area contributed by atoms with Crippen LogP contribution in [0.2, 0.25) is 0 Å². The van der Waals surface area contributed by atoms with Crippen LogP contribution in [0.3, 0.4) is 0 Å². The predicted molar refractivity (Wildman–Crippen MR) is 197 cm³/mol. The molecule has 49 heavy (non-hydrogen) atoms. The quantitative estimate of drug-likeness (QED) is 0.192. The second kappa shape index (κ2) is 10.8. The molecule has 0 fully saturated rings. The van der Waals surface area contributed by atoms with Crippen molar-refractivity contribution in [1.82, 2.24) is 14.5 Å². The van der Waals surface area contributed by atoms with Gasteiger partial charge in [0.25, 0.3) is 0 Å². The number of aromatic nitrogens is 3. The van der Waals surface area contributed by atoms with Gasteiger partial charge in [-0.15, -0.1) is 0 Å². The van der Waals surface area contributed by atoms with Gasteiger partial charge >= 0.3 is 0 Å². The molecular weight excluding hydrogens is 609 g/mol. The molecule has 4 aromatic heterocycles. The number of benzene rings is 5.